The second-order valence-corrected chi connectivity index (χ2v) is 7.01. The third-order valence-electron chi connectivity index (χ3n) is 4.14. The number of rotatable bonds is 9. The topological polar surface area (TPSA) is 74.1 Å². The third kappa shape index (κ3) is 5.27. The Morgan fingerprint density at radius 2 is 1.90 bits per heavy atom. The Balaban J connectivity index is 1.72. The molecule has 3 aromatic rings. The number of tetrazole rings is 1. The third-order valence-corrected chi connectivity index (χ3v) is 4.84. The van der Waals surface area contributed by atoms with Crippen LogP contribution in [0.2, 0.25) is 10.0 Å². The molecular formula is C19H20Cl2FN5O2. The van der Waals surface area contributed by atoms with Gasteiger partial charge in [-0.3, -0.25) is 0 Å². The Morgan fingerprint density at radius 1 is 1.10 bits per heavy atom. The lowest BCUT2D eigenvalue weighted by molar-refractivity contribution is 0.284. The summed E-state index contributed by atoms with van der Waals surface area (Å²) in [4.78, 5) is 0. The van der Waals surface area contributed by atoms with Crippen molar-refractivity contribution in [3.63, 3.8) is 0 Å². The molecule has 3 rings (SSSR count). The van der Waals surface area contributed by atoms with Gasteiger partial charge in [0.1, 0.15) is 12.4 Å². The fourth-order valence-electron chi connectivity index (χ4n) is 2.65. The number of halogens is 3. The summed E-state index contributed by atoms with van der Waals surface area (Å²) in [5.41, 5.74) is 1.45. The lowest BCUT2D eigenvalue weighted by Gasteiger charge is -2.15. The van der Waals surface area contributed by atoms with Crippen LogP contribution in [0.25, 0.3) is 0 Å². The van der Waals surface area contributed by atoms with Crippen molar-refractivity contribution in [1.82, 2.24) is 20.2 Å². The van der Waals surface area contributed by atoms with Gasteiger partial charge in [0.05, 0.1) is 12.1 Å². The van der Waals surface area contributed by atoms with E-state index in [1.54, 1.807) is 30.0 Å². The Morgan fingerprint density at radius 3 is 2.62 bits per heavy atom. The number of ether oxygens (including phenoxy) is 2. The van der Waals surface area contributed by atoms with Gasteiger partial charge in [-0.15, -0.1) is 0 Å². The van der Waals surface area contributed by atoms with Crippen LogP contribution in [0, 0.1) is 5.82 Å². The van der Waals surface area contributed by atoms with Gasteiger partial charge >= 0.3 is 0 Å². The molecule has 0 bridgehead atoms. The van der Waals surface area contributed by atoms with Crippen LogP contribution in [-0.2, 0) is 19.7 Å². The number of benzene rings is 2. The van der Waals surface area contributed by atoms with Gasteiger partial charge < -0.3 is 14.8 Å². The highest BCUT2D eigenvalue weighted by molar-refractivity contribution is 6.31. The van der Waals surface area contributed by atoms with Crippen molar-refractivity contribution in [3.8, 4) is 11.5 Å². The van der Waals surface area contributed by atoms with Crippen LogP contribution in [0.3, 0.4) is 0 Å². The first kappa shape index (κ1) is 21.1. The number of hydrogen-bond donors (Lipinski definition) is 1. The summed E-state index contributed by atoms with van der Waals surface area (Å²) in [6, 6.07) is 7.60. The van der Waals surface area contributed by atoms with Crippen molar-refractivity contribution < 1.29 is 13.9 Å². The van der Waals surface area contributed by atoms with Crippen molar-refractivity contribution in [2.24, 2.45) is 0 Å². The molecule has 0 radical (unpaired) electrons. The van der Waals surface area contributed by atoms with Crippen LogP contribution in [0.4, 0.5) is 10.3 Å². The average molecular weight is 440 g/mol. The van der Waals surface area contributed by atoms with E-state index < -0.39 is 5.82 Å². The molecule has 154 valence electrons. The lowest BCUT2D eigenvalue weighted by Crippen LogP contribution is -2.09. The van der Waals surface area contributed by atoms with E-state index in [9.17, 15) is 4.39 Å². The molecule has 0 fully saturated rings. The van der Waals surface area contributed by atoms with E-state index in [2.05, 4.69) is 20.8 Å². The van der Waals surface area contributed by atoms with Crippen LogP contribution in [-0.4, -0.2) is 27.3 Å². The van der Waals surface area contributed by atoms with Gasteiger partial charge in [0, 0.05) is 29.7 Å². The molecule has 10 heteroatoms. The minimum absolute atomic E-state index is 0.148. The summed E-state index contributed by atoms with van der Waals surface area (Å²) in [7, 11) is 1.54. The molecule has 2 aromatic carbocycles. The van der Waals surface area contributed by atoms with Crippen molar-refractivity contribution in [2.45, 2.75) is 33.0 Å². The molecule has 0 atom stereocenters. The minimum Gasteiger partial charge on any atom is -0.493 e. The van der Waals surface area contributed by atoms with Crippen molar-refractivity contribution in [1.29, 1.82) is 0 Å². The zero-order chi connectivity index (χ0) is 20.8. The fourth-order valence-corrected chi connectivity index (χ4v) is 3.09. The number of methoxy groups -OCH3 is 1. The summed E-state index contributed by atoms with van der Waals surface area (Å²) >= 11 is 12.5. The van der Waals surface area contributed by atoms with Gasteiger partial charge in [-0.25, -0.2) is 9.07 Å². The molecule has 0 aliphatic carbocycles. The molecule has 0 unspecified atom stereocenters. The summed E-state index contributed by atoms with van der Waals surface area (Å²) in [5.74, 6) is 1.13. The Bertz CT molecular complexity index is 983. The number of aromatic nitrogens is 4. The number of nitrogens with one attached hydrogen (secondary N) is 1. The summed E-state index contributed by atoms with van der Waals surface area (Å²) in [5, 5.41) is 15.5. The molecule has 0 aliphatic heterocycles. The van der Waals surface area contributed by atoms with Crippen LogP contribution in [0.15, 0.2) is 30.3 Å². The van der Waals surface area contributed by atoms with E-state index in [0.717, 1.165) is 12.0 Å². The SMILES string of the molecule is CCCn1nnnc1NCc1cc(OC)c(OCc2ccc(F)cc2Cl)cc1Cl. The highest BCUT2D eigenvalue weighted by Gasteiger charge is 2.13. The molecule has 0 aliphatic rings. The van der Waals surface area contributed by atoms with Gasteiger partial charge in [0.25, 0.3) is 0 Å². The summed E-state index contributed by atoms with van der Waals surface area (Å²) < 4.78 is 26.1. The Hall–Kier alpha value is -2.58. The number of aryl methyl sites for hydroxylation is 1. The predicted octanol–water partition coefficient (Wildman–Crippen LogP) is 4.73. The fraction of sp³-hybridized carbons (Fsp3) is 0.316. The maximum atomic E-state index is 13.2. The summed E-state index contributed by atoms with van der Waals surface area (Å²) in [6.07, 6.45) is 0.915. The van der Waals surface area contributed by atoms with Crippen LogP contribution in [0.5, 0.6) is 11.5 Å². The van der Waals surface area contributed by atoms with E-state index in [-0.39, 0.29) is 6.61 Å². The zero-order valence-electron chi connectivity index (χ0n) is 16.0. The van der Waals surface area contributed by atoms with E-state index in [4.69, 9.17) is 32.7 Å². The second kappa shape index (κ2) is 9.76. The van der Waals surface area contributed by atoms with Gasteiger partial charge in [0.2, 0.25) is 5.95 Å². The molecule has 29 heavy (non-hydrogen) atoms. The quantitative estimate of drug-likeness (QED) is 0.519. The zero-order valence-corrected chi connectivity index (χ0v) is 17.5. The van der Waals surface area contributed by atoms with E-state index in [1.807, 2.05) is 6.92 Å². The molecule has 0 saturated carbocycles. The maximum Gasteiger partial charge on any atom is 0.243 e. The Labute approximate surface area is 177 Å². The number of hydrogen-bond acceptors (Lipinski definition) is 6. The minimum atomic E-state index is -0.402. The molecule has 7 nitrogen and oxygen atoms in total. The molecule has 0 amide bonds. The molecule has 1 heterocycles. The second-order valence-electron chi connectivity index (χ2n) is 6.20. The van der Waals surface area contributed by atoms with E-state index >= 15 is 0 Å². The number of nitrogens with zero attached hydrogens (tertiary/aromatic N) is 4. The molecule has 0 spiro atoms. The van der Waals surface area contributed by atoms with Gasteiger partial charge in [-0.05, 0) is 40.6 Å². The van der Waals surface area contributed by atoms with Crippen LogP contribution >= 0.6 is 23.2 Å². The van der Waals surface area contributed by atoms with Crippen molar-refractivity contribution in [3.05, 3.63) is 57.3 Å². The largest absolute Gasteiger partial charge is 0.493 e. The highest BCUT2D eigenvalue weighted by atomic mass is 35.5. The van der Waals surface area contributed by atoms with Gasteiger partial charge in [0.15, 0.2) is 11.5 Å². The van der Waals surface area contributed by atoms with Crippen LogP contribution in [0.1, 0.15) is 24.5 Å². The monoisotopic (exact) mass is 439 g/mol. The number of anilines is 1. The first-order chi connectivity index (χ1) is 14.0. The normalized spacial score (nSPS) is 10.8. The molecule has 1 N–H and O–H groups in total. The lowest BCUT2D eigenvalue weighted by atomic mass is 10.2. The standard InChI is InChI=1S/C19H20Cl2FN5O2/c1-3-6-27-19(24-25-26-27)23-10-13-7-17(28-2)18(9-16(13)21)29-11-12-4-5-14(22)8-15(12)20/h4-5,7-9H,3,6,10-11H2,1-2H3,(H,23,24,26). The average Bonchev–Trinajstić information content (AvgIpc) is 3.14. The van der Waals surface area contributed by atoms with Crippen LogP contribution < -0.4 is 14.8 Å². The van der Waals surface area contributed by atoms with Gasteiger partial charge in [-0.2, -0.15) is 0 Å². The van der Waals surface area contributed by atoms with Gasteiger partial charge in [-0.1, -0.05) is 41.3 Å². The Kier molecular flexibility index (Phi) is 7.11. The molecule has 1 aromatic heterocycles. The van der Waals surface area contributed by atoms with Crippen molar-refractivity contribution in [2.75, 3.05) is 12.4 Å². The smallest absolute Gasteiger partial charge is 0.243 e. The maximum absolute atomic E-state index is 13.2. The first-order valence-corrected chi connectivity index (χ1v) is 9.70. The predicted molar refractivity (Wildman–Crippen MR) is 109 cm³/mol. The molecule has 0 saturated heterocycles. The van der Waals surface area contributed by atoms with E-state index in [0.29, 0.717) is 46.1 Å². The summed E-state index contributed by atoms with van der Waals surface area (Å²) in [6.45, 7) is 3.31. The first-order valence-electron chi connectivity index (χ1n) is 8.95. The highest BCUT2D eigenvalue weighted by Crippen LogP contribution is 2.34. The van der Waals surface area contributed by atoms with Crippen molar-refractivity contribution >= 4 is 29.2 Å². The molecular weight excluding hydrogens is 420 g/mol. The van der Waals surface area contributed by atoms with E-state index in [1.165, 1.54) is 12.1 Å².